The Labute approximate surface area is 100 Å². The third kappa shape index (κ3) is 2.30. The lowest BCUT2D eigenvalue weighted by molar-refractivity contribution is -0.142. The summed E-state index contributed by atoms with van der Waals surface area (Å²) in [5, 5.41) is 9.92. The van der Waals surface area contributed by atoms with Crippen LogP contribution in [0.1, 0.15) is 23.1 Å². The van der Waals surface area contributed by atoms with E-state index in [1.165, 1.54) is 12.1 Å². The molecular formula is C11H10F3N3O. The van der Waals surface area contributed by atoms with E-state index in [-0.39, 0.29) is 5.95 Å². The quantitative estimate of drug-likeness (QED) is 0.771. The van der Waals surface area contributed by atoms with Crippen LogP contribution in [0.2, 0.25) is 0 Å². The minimum atomic E-state index is -4.67. The number of aliphatic hydroxyl groups excluding tert-OH is 1. The molecule has 0 amide bonds. The average molecular weight is 257 g/mol. The van der Waals surface area contributed by atoms with E-state index in [1.807, 2.05) is 0 Å². The fraction of sp³-hybridized carbons (Fsp3) is 0.182. The van der Waals surface area contributed by atoms with Gasteiger partial charge in [0.1, 0.15) is 6.10 Å². The van der Waals surface area contributed by atoms with Gasteiger partial charge in [0.05, 0.1) is 5.69 Å². The van der Waals surface area contributed by atoms with Crippen LogP contribution in [-0.2, 0) is 6.18 Å². The van der Waals surface area contributed by atoms with E-state index < -0.39 is 23.7 Å². The number of nitrogens with zero attached hydrogens (tertiary/aromatic N) is 1. The highest BCUT2D eigenvalue weighted by atomic mass is 19.4. The smallest absolute Gasteiger partial charge is 0.382 e. The fourth-order valence-corrected chi connectivity index (χ4v) is 1.62. The van der Waals surface area contributed by atoms with Gasteiger partial charge >= 0.3 is 6.18 Å². The van der Waals surface area contributed by atoms with E-state index in [9.17, 15) is 18.3 Å². The maximum absolute atomic E-state index is 12.7. The van der Waals surface area contributed by atoms with E-state index in [1.54, 1.807) is 18.2 Å². The number of aromatic nitrogens is 2. The molecule has 1 heterocycles. The molecule has 7 heteroatoms. The second-order valence-corrected chi connectivity index (χ2v) is 3.70. The number of hydrogen-bond acceptors (Lipinski definition) is 3. The predicted octanol–water partition coefficient (Wildman–Crippen LogP) is 2.09. The lowest BCUT2D eigenvalue weighted by atomic mass is 10.1. The van der Waals surface area contributed by atoms with Crippen LogP contribution in [-0.4, -0.2) is 15.1 Å². The van der Waals surface area contributed by atoms with Crippen molar-refractivity contribution in [2.75, 3.05) is 5.73 Å². The third-order valence-corrected chi connectivity index (χ3v) is 2.41. The summed E-state index contributed by atoms with van der Waals surface area (Å²) >= 11 is 0. The number of aliphatic hydroxyl groups is 1. The number of halogens is 3. The number of alkyl halides is 3. The lowest BCUT2D eigenvalue weighted by Gasteiger charge is -2.12. The van der Waals surface area contributed by atoms with Crippen molar-refractivity contribution in [2.45, 2.75) is 12.3 Å². The first-order valence-electron chi connectivity index (χ1n) is 5.05. The van der Waals surface area contributed by atoms with Gasteiger partial charge in [-0.05, 0) is 5.56 Å². The number of rotatable bonds is 2. The van der Waals surface area contributed by atoms with Crippen LogP contribution in [0.15, 0.2) is 30.3 Å². The molecule has 1 atom stereocenters. The minimum Gasteiger partial charge on any atom is -0.382 e. The molecule has 1 unspecified atom stereocenters. The summed E-state index contributed by atoms with van der Waals surface area (Å²) in [5.74, 6) is -0.382. The van der Waals surface area contributed by atoms with Crippen LogP contribution in [0.4, 0.5) is 19.1 Å². The second-order valence-electron chi connectivity index (χ2n) is 3.70. The minimum absolute atomic E-state index is 0.326. The first-order chi connectivity index (χ1) is 8.39. The molecule has 1 aromatic carbocycles. The van der Waals surface area contributed by atoms with Crippen molar-refractivity contribution in [1.82, 2.24) is 9.97 Å². The summed E-state index contributed by atoms with van der Waals surface area (Å²) < 4.78 is 38.1. The number of aromatic amines is 1. The monoisotopic (exact) mass is 257 g/mol. The highest BCUT2D eigenvalue weighted by molar-refractivity contribution is 5.35. The van der Waals surface area contributed by atoms with Crippen molar-refractivity contribution in [1.29, 1.82) is 0 Å². The van der Waals surface area contributed by atoms with Gasteiger partial charge in [-0.25, -0.2) is 4.98 Å². The second kappa shape index (κ2) is 4.34. The summed E-state index contributed by atoms with van der Waals surface area (Å²) in [4.78, 5) is 5.41. The van der Waals surface area contributed by atoms with Gasteiger partial charge in [0, 0.05) is 0 Å². The van der Waals surface area contributed by atoms with Gasteiger partial charge in [-0.2, -0.15) is 13.2 Å². The molecule has 0 saturated carbocycles. The SMILES string of the molecule is Nc1nc(C(F)(F)F)c(C(O)c2ccccc2)[nH]1. The van der Waals surface area contributed by atoms with Crippen molar-refractivity contribution in [3.63, 3.8) is 0 Å². The number of H-pyrrole nitrogens is 1. The van der Waals surface area contributed by atoms with E-state index >= 15 is 0 Å². The standard InChI is InChI=1S/C11H10F3N3O/c12-11(13,14)9-7(16-10(15)17-9)8(18)6-4-2-1-3-5-6/h1-5,8,18H,(H3,15,16,17). The largest absolute Gasteiger partial charge is 0.435 e. The highest BCUT2D eigenvalue weighted by Gasteiger charge is 2.39. The highest BCUT2D eigenvalue weighted by Crippen LogP contribution is 2.35. The van der Waals surface area contributed by atoms with Gasteiger partial charge in [-0.15, -0.1) is 0 Å². The molecule has 2 rings (SSSR count). The summed E-state index contributed by atoms with van der Waals surface area (Å²) in [5.41, 5.74) is 3.89. The molecule has 0 spiro atoms. The van der Waals surface area contributed by atoms with Crippen molar-refractivity contribution in [3.05, 3.63) is 47.3 Å². The maximum atomic E-state index is 12.7. The van der Waals surface area contributed by atoms with Crippen LogP contribution in [0, 0.1) is 0 Å². The molecule has 4 N–H and O–H groups in total. The summed E-state index contributed by atoms with van der Waals surface area (Å²) in [7, 11) is 0. The number of imidazole rings is 1. The summed E-state index contributed by atoms with van der Waals surface area (Å²) in [6.45, 7) is 0. The van der Waals surface area contributed by atoms with Crippen LogP contribution < -0.4 is 5.73 Å². The molecule has 18 heavy (non-hydrogen) atoms. The Bertz CT molecular complexity index is 536. The molecule has 0 saturated heterocycles. The van der Waals surface area contributed by atoms with Crippen molar-refractivity contribution in [3.8, 4) is 0 Å². The molecule has 0 bridgehead atoms. The number of benzene rings is 1. The van der Waals surface area contributed by atoms with Gasteiger partial charge in [0.25, 0.3) is 0 Å². The Balaban J connectivity index is 2.46. The van der Waals surface area contributed by atoms with E-state index in [0.717, 1.165) is 0 Å². The van der Waals surface area contributed by atoms with Gasteiger partial charge in [0.2, 0.25) is 0 Å². The third-order valence-electron chi connectivity index (χ3n) is 2.41. The number of anilines is 1. The Morgan fingerprint density at radius 1 is 1.22 bits per heavy atom. The molecule has 2 aromatic rings. The number of nitrogens with two attached hydrogens (primary N) is 1. The van der Waals surface area contributed by atoms with E-state index in [2.05, 4.69) is 9.97 Å². The Morgan fingerprint density at radius 2 is 1.83 bits per heavy atom. The van der Waals surface area contributed by atoms with Crippen LogP contribution in [0.3, 0.4) is 0 Å². The number of nitrogen functional groups attached to an aromatic ring is 1. The van der Waals surface area contributed by atoms with Gasteiger partial charge in [-0.3, -0.25) is 0 Å². The molecule has 4 nitrogen and oxygen atoms in total. The van der Waals surface area contributed by atoms with Crippen molar-refractivity contribution >= 4 is 5.95 Å². The molecule has 96 valence electrons. The van der Waals surface area contributed by atoms with E-state index in [0.29, 0.717) is 5.56 Å². The summed E-state index contributed by atoms with van der Waals surface area (Å²) in [6, 6.07) is 7.96. The summed E-state index contributed by atoms with van der Waals surface area (Å²) in [6.07, 6.45) is -6.12. The van der Waals surface area contributed by atoms with Crippen LogP contribution in [0.25, 0.3) is 0 Å². The van der Waals surface area contributed by atoms with Crippen molar-refractivity contribution < 1.29 is 18.3 Å². The molecular weight excluding hydrogens is 247 g/mol. The topological polar surface area (TPSA) is 74.9 Å². The van der Waals surface area contributed by atoms with Crippen LogP contribution in [0.5, 0.6) is 0 Å². The predicted molar refractivity (Wildman–Crippen MR) is 58.5 cm³/mol. The van der Waals surface area contributed by atoms with Gasteiger partial charge in [0.15, 0.2) is 11.6 Å². The molecule has 1 aromatic heterocycles. The Kier molecular flexibility index (Phi) is 3.00. The zero-order valence-electron chi connectivity index (χ0n) is 9.07. The van der Waals surface area contributed by atoms with E-state index in [4.69, 9.17) is 5.73 Å². The number of nitrogens with one attached hydrogen (secondary N) is 1. The zero-order chi connectivity index (χ0) is 13.3. The molecule has 0 radical (unpaired) electrons. The normalized spacial score (nSPS) is 13.6. The molecule has 0 fully saturated rings. The first kappa shape index (κ1) is 12.4. The number of hydrogen-bond donors (Lipinski definition) is 3. The van der Waals surface area contributed by atoms with Crippen LogP contribution >= 0.6 is 0 Å². The lowest BCUT2D eigenvalue weighted by Crippen LogP contribution is -2.12. The van der Waals surface area contributed by atoms with Gasteiger partial charge < -0.3 is 15.8 Å². The Hall–Kier alpha value is -2.02. The molecule has 0 aliphatic carbocycles. The fourth-order valence-electron chi connectivity index (χ4n) is 1.62. The first-order valence-corrected chi connectivity index (χ1v) is 5.05. The average Bonchev–Trinajstić information content (AvgIpc) is 2.71. The Morgan fingerprint density at radius 3 is 2.39 bits per heavy atom. The maximum Gasteiger partial charge on any atom is 0.435 e. The van der Waals surface area contributed by atoms with Crippen molar-refractivity contribution in [2.24, 2.45) is 0 Å². The molecule has 0 aliphatic rings. The zero-order valence-corrected chi connectivity index (χ0v) is 9.07. The van der Waals surface area contributed by atoms with Gasteiger partial charge in [-0.1, -0.05) is 30.3 Å². The molecule has 0 aliphatic heterocycles.